The minimum Gasteiger partial charge on any atom is -0.304 e. The first kappa shape index (κ1) is 11.7. The third kappa shape index (κ3) is 3.11. The molecule has 0 unspecified atom stereocenters. The van der Waals surface area contributed by atoms with Gasteiger partial charge in [-0.2, -0.15) is 5.10 Å². The maximum atomic E-state index is 11.8. The highest BCUT2D eigenvalue weighted by Crippen LogP contribution is 1.97. The first-order valence-corrected chi connectivity index (χ1v) is 5.45. The Morgan fingerprint density at radius 2 is 2.06 bits per heavy atom. The van der Waals surface area contributed by atoms with Gasteiger partial charge >= 0.3 is 0 Å². The van der Waals surface area contributed by atoms with Crippen LogP contribution in [0.4, 0.5) is 0 Å². The highest BCUT2D eigenvalue weighted by molar-refractivity contribution is 5.91. The number of H-pyrrole nitrogens is 1. The van der Waals surface area contributed by atoms with Crippen molar-refractivity contribution in [3.63, 3.8) is 0 Å². The Kier molecular flexibility index (Phi) is 3.50. The van der Waals surface area contributed by atoms with Crippen LogP contribution in [0.25, 0.3) is 0 Å². The maximum Gasteiger partial charge on any atom is 0.285 e. The number of carbonyl (C=O) groups excluding carboxylic acids is 1. The monoisotopic (exact) mass is 237 g/mol. The van der Waals surface area contributed by atoms with E-state index in [9.17, 15) is 9.59 Å². The number of hydrazine groups is 1. The zero-order chi connectivity index (χ0) is 12.3. The number of aromatic nitrogens is 2. The second-order valence-corrected chi connectivity index (χ2v) is 4.04. The molecule has 92 valence electrons. The van der Waals surface area contributed by atoms with Crippen LogP contribution in [0.5, 0.6) is 0 Å². The standard InChI is InChI=1S/C10H15N5O2/c1-14-4-6-15(7-5-14)13-10(17)8-2-3-9(16)12-11-8/h2-3H,4-7H2,1H3,(H,12,16)(H,13,17). The van der Waals surface area contributed by atoms with Crippen LogP contribution >= 0.6 is 0 Å². The molecule has 7 heteroatoms. The van der Waals surface area contributed by atoms with E-state index in [1.807, 2.05) is 12.1 Å². The summed E-state index contributed by atoms with van der Waals surface area (Å²) in [6.07, 6.45) is 0. The molecule has 0 saturated carbocycles. The lowest BCUT2D eigenvalue weighted by atomic mass is 10.3. The van der Waals surface area contributed by atoms with Crippen molar-refractivity contribution in [3.05, 3.63) is 28.2 Å². The second-order valence-electron chi connectivity index (χ2n) is 4.04. The molecule has 1 saturated heterocycles. The molecule has 2 N–H and O–H groups in total. The molecule has 1 amide bonds. The average molecular weight is 237 g/mol. The van der Waals surface area contributed by atoms with Crippen LogP contribution in [0.2, 0.25) is 0 Å². The summed E-state index contributed by atoms with van der Waals surface area (Å²) in [5, 5.41) is 7.76. The van der Waals surface area contributed by atoms with E-state index in [0.717, 1.165) is 26.2 Å². The quantitative estimate of drug-likeness (QED) is 0.665. The van der Waals surface area contributed by atoms with Crippen molar-refractivity contribution in [3.8, 4) is 0 Å². The summed E-state index contributed by atoms with van der Waals surface area (Å²) in [6.45, 7) is 3.40. The smallest absolute Gasteiger partial charge is 0.285 e. The van der Waals surface area contributed by atoms with Gasteiger partial charge in [0, 0.05) is 32.2 Å². The van der Waals surface area contributed by atoms with Gasteiger partial charge in [-0.15, -0.1) is 0 Å². The minimum absolute atomic E-state index is 0.212. The number of hydrogen-bond donors (Lipinski definition) is 2. The summed E-state index contributed by atoms with van der Waals surface area (Å²) >= 11 is 0. The van der Waals surface area contributed by atoms with Gasteiger partial charge < -0.3 is 4.90 Å². The predicted molar refractivity (Wildman–Crippen MR) is 61.4 cm³/mol. The van der Waals surface area contributed by atoms with E-state index in [0.29, 0.717) is 0 Å². The van der Waals surface area contributed by atoms with E-state index in [1.54, 1.807) is 0 Å². The molecule has 0 atom stereocenters. The second kappa shape index (κ2) is 5.07. The van der Waals surface area contributed by atoms with Crippen molar-refractivity contribution < 1.29 is 4.79 Å². The Balaban J connectivity index is 1.93. The summed E-state index contributed by atoms with van der Waals surface area (Å²) < 4.78 is 0. The SMILES string of the molecule is CN1CCN(NC(=O)c2ccc(=O)[nH]n2)CC1. The van der Waals surface area contributed by atoms with Crippen molar-refractivity contribution in [2.24, 2.45) is 0 Å². The Morgan fingerprint density at radius 1 is 1.35 bits per heavy atom. The number of rotatable bonds is 2. The van der Waals surface area contributed by atoms with Crippen LogP contribution in [0.15, 0.2) is 16.9 Å². The number of carbonyl (C=O) groups is 1. The molecule has 1 aromatic heterocycles. The highest BCUT2D eigenvalue weighted by Gasteiger charge is 2.17. The molecule has 0 bridgehead atoms. The normalized spacial score (nSPS) is 17.9. The molecule has 17 heavy (non-hydrogen) atoms. The summed E-state index contributed by atoms with van der Waals surface area (Å²) in [5.74, 6) is -0.300. The molecular weight excluding hydrogens is 222 g/mol. The van der Waals surface area contributed by atoms with Gasteiger partial charge in [0.1, 0.15) is 5.69 Å². The Morgan fingerprint density at radius 3 is 2.65 bits per heavy atom. The van der Waals surface area contributed by atoms with E-state index in [4.69, 9.17) is 0 Å². The zero-order valence-electron chi connectivity index (χ0n) is 9.64. The van der Waals surface area contributed by atoms with Gasteiger partial charge in [-0.1, -0.05) is 0 Å². The third-order valence-electron chi connectivity index (χ3n) is 2.67. The molecule has 0 spiro atoms. The number of nitrogens with zero attached hydrogens (tertiary/aromatic N) is 3. The number of piperazine rings is 1. The summed E-state index contributed by atoms with van der Waals surface area (Å²) in [4.78, 5) is 24.8. The molecule has 1 aromatic rings. The Bertz CT molecular complexity index is 430. The molecule has 1 fully saturated rings. The molecule has 0 aromatic carbocycles. The van der Waals surface area contributed by atoms with E-state index in [2.05, 4.69) is 20.5 Å². The van der Waals surface area contributed by atoms with Crippen molar-refractivity contribution >= 4 is 5.91 Å². The van der Waals surface area contributed by atoms with Crippen LogP contribution in [0.1, 0.15) is 10.5 Å². The van der Waals surface area contributed by atoms with Crippen molar-refractivity contribution in [1.29, 1.82) is 0 Å². The van der Waals surface area contributed by atoms with Crippen molar-refractivity contribution in [1.82, 2.24) is 25.5 Å². The molecule has 1 aliphatic heterocycles. The van der Waals surface area contributed by atoms with Gasteiger partial charge in [0.2, 0.25) is 0 Å². The molecule has 7 nitrogen and oxygen atoms in total. The van der Waals surface area contributed by atoms with Crippen LogP contribution in [-0.4, -0.2) is 59.2 Å². The Labute approximate surface area is 98.4 Å². The number of nitrogens with one attached hydrogen (secondary N) is 2. The van der Waals surface area contributed by atoms with Crippen LogP contribution in [0, 0.1) is 0 Å². The van der Waals surface area contributed by atoms with Crippen molar-refractivity contribution in [2.45, 2.75) is 0 Å². The summed E-state index contributed by atoms with van der Waals surface area (Å²) in [6, 6.07) is 2.69. The lowest BCUT2D eigenvalue weighted by Gasteiger charge is -2.32. The lowest BCUT2D eigenvalue weighted by Crippen LogP contribution is -2.52. The third-order valence-corrected chi connectivity index (χ3v) is 2.67. The van der Waals surface area contributed by atoms with Gasteiger partial charge in [0.15, 0.2) is 0 Å². The maximum absolute atomic E-state index is 11.8. The number of amides is 1. The lowest BCUT2D eigenvalue weighted by molar-refractivity contribution is 0.0656. The zero-order valence-corrected chi connectivity index (χ0v) is 9.64. The van der Waals surface area contributed by atoms with Gasteiger partial charge in [0.05, 0.1) is 0 Å². The van der Waals surface area contributed by atoms with Crippen LogP contribution in [0.3, 0.4) is 0 Å². The fourth-order valence-corrected chi connectivity index (χ4v) is 1.59. The topological polar surface area (TPSA) is 81.3 Å². The fraction of sp³-hybridized carbons (Fsp3) is 0.500. The van der Waals surface area contributed by atoms with Crippen molar-refractivity contribution in [2.75, 3.05) is 33.2 Å². The molecule has 0 radical (unpaired) electrons. The first-order chi connectivity index (χ1) is 8.15. The summed E-state index contributed by atoms with van der Waals surface area (Å²) in [7, 11) is 2.04. The minimum atomic E-state index is -0.318. The van der Waals surface area contributed by atoms with Gasteiger partial charge in [-0.3, -0.25) is 15.0 Å². The van der Waals surface area contributed by atoms with E-state index in [-0.39, 0.29) is 17.2 Å². The first-order valence-electron chi connectivity index (χ1n) is 5.45. The Hall–Kier alpha value is -1.73. The average Bonchev–Trinajstić information content (AvgIpc) is 2.33. The molecule has 2 rings (SSSR count). The van der Waals surface area contributed by atoms with E-state index < -0.39 is 0 Å². The molecule has 0 aliphatic carbocycles. The molecule has 1 aliphatic rings. The van der Waals surface area contributed by atoms with Crippen LogP contribution in [-0.2, 0) is 0 Å². The summed E-state index contributed by atoms with van der Waals surface area (Å²) in [5.41, 5.74) is 2.65. The fourth-order valence-electron chi connectivity index (χ4n) is 1.59. The number of aromatic amines is 1. The van der Waals surface area contributed by atoms with Gasteiger partial charge in [-0.05, 0) is 13.1 Å². The van der Waals surface area contributed by atoms with E-state index >= 15 is 0 Å². The van der Waals surface area contributed by atoms with Crippen LogP contribution < -0.4 is 11.0 Å². The highest BCUT2D eigenvalue weighted by atomic mass is 16.2. The predicted octanol–water partition coefficient (Wildman–Crippen LogP) is -1.34. The number of hydrogen-bond acceptors (Lipinski definition) is 5. The van der Waals surface area contributed by atoms with E-state index in [1.165, 1.54) is 12.1 Å². The number of likely N-dealkylation sites (N-methyl/N-ethyl adjacent to an activating group) is 1. The van der Waals surface area contributed by atoms with Gasteiger partial charge in [-0.25, -0.2) is 10.1 Å². The largest absolute Gasteiger partial charge is 0.304 e. The molecule has 2 heterocycles. The van der Waals surface area contributed by atoms with Gasteiger partial charge in [0.25, 0.3) is 11.5 Å². The molecular formula is C10H15N5O2.